The third-order valence-electron chi connectivity index (χ3n) is 4.28. The van der Waals surface area contributed by atoms with Crippen LogP contribution in [0.5, 0.6) is 0 Å². The first-order valence-corrected chi connectivity index (χ1v) is 11.1. The van der Waals surface area contributed by atoms with E-state index < -0.39 is 9.84 Å². The van der Waals surface area contributed by atoms with Gasteiger partial charge in [-0.05, 0) is 11.6 Å². The van der Waals surface area contributed by atoms with E-state index in [1.54, 1.807) is 46.6 Å². The Kier molecular flexibility index (Phi) is 4.97. The second kappa shape index (κ2) is 7.57. The van der Waals surface area contributed by atoms with Gasteiger partial charge in [0.1, 0.15) is 6.54 Å². The van der Waals surface area contributed by atoms with Gasteiger partial charge in [-0.25, -0.2) is 13.4 Å². The van der Waals surface area contributed by atoms with Gasteiger partial charge in [-0.1, -0.05) is 48.5 Å². The van der Waals surface area contributed by atoms with E-state index in [9.17, 15) is 13.2 Å². The molecule has 0 spiro atoms. The number of amides is 1. The molecule has 28 heavy (non-hydrogen) atoms. The van der Waals surface area contributed by atoms with Gasteiger partial charge < -0.3 is 9.88 Å². The van der Waals surface area contributed by atoms with Crippen LogP contribution in [0.3, 0.4) is 0 Å². The number of aromatic nitrogens is 2. The third kappa shape index (κ3) is 3.83. The Bertz CT molecular complexity index is 1210. The first kappa shape index (κ1) is 18.4. The lowest BCUT2D eigenvalue weighted by molar-refractivity contribution is -0.116. The van der Waals surface area contributed by atoms with Crippen molar-refractivity contribution >= 4 is 43.1 Å². The summed E-state index contributed by atoms with van der Waals surface area (Å²) in [5.41, 5.74) is 1.42. The lowest BCUT2D eigenvalue weighted by Crippen LogP contribution is -2.18. The Morgan fingerprint density at radius 3 is 2.57 bits per heavy atom. The van der Waals surface area contributed by atoms with Gasteiger partial charge in [-0.3, -0.25) is 4.79 Å². The largest absolute Gasteiger partial charge is 0.337 e. The summed E-state index contributed by atoms with van der Waals surface area (Å²) in [5.74, 6) is -0.351. The Balaban J connectivity index is 1.67. The standard InChI is InChI=1S/C20H17N3O3S2/c24-19(22-20-21-10-11-27-20)13-23-12-18(16-8-4-5-9-17(16)23)28(25,26)14-15-6-2-1-3-7-15/h1-12H,13-14H2,(H,21,22,24). The molecule has 1 amide bonds. The van der Waals surface area contributed by atoms with E-state index in [-0.39, 0.29) is 23.1 Å². The van der Waals surface area contributed by atoms with Crippen molar-refractivity contribution < 1.29 is 13.2 Å². The molecule has 142 valence electrons. The van der Waals surface area contributed by atoms with Gasteiger partial charge in [-0.15, -0.1) is 11.3 Å². The first-order chi connectivity index (χ1) is 13.5. The average Bonchev–Trinajstić information content (AvgIpc) is 3.31. The molecule has 0 radical (unpaired) electrons. The van der Waals surface area contributed by atoms with Crippen molar-refractivity contribution in [3.8, 4) is 0 Å². The number of hydrogen-bond acceptors (Lipinski definition) is 5. The number of thiazole rings is 1. The molecule has 2 heterocycles. The zero-order chi connectivity index (χ0) is 19.6. The predicted molar refractivity (Wildman–Crippen MR) is 110 cm³/mol. The first-order valence-electron chi connectivity index (χ1n) is 8.57. The molecule has 6 nitrogen and oxygen atoms in total. The summed E-state index contributed by atoms with van der Waals surface area (Å²) < 4.78 is 27.8. The average molecular weight is 412 g/mol. The number of carbonyl (C=O) groups excluding carboxylic acids is 1. The van der Waals surface area contributed by atoms with Gasteiger partial charge in [0.2, 0.25) is 5.91 Å². The van der Waals surface area contributed by atoms with Gasteiger partial charge in [-0.2, -0.15) is 0 Å². The molecule has 4 rings (SSSR count). The number of nitrogens with one attached hydrogen (secondary N) is 1. The number of anilines is 1. The summed E-state index contributed by atoms with van der Waals surface area (Å²) in [5, 5.41) is 5.62. The van der Waals surface area contributed by atoms with Gasteiger partial charge in [0.05, 0.1) is 10.6 Å². The number of rotatable bonds is 6. The monoisotopic (exact) mass is 411 g/mol. The fourth-order valence-corrected chi connectivity index (χ4v) is 5.19. The highest BCUT2D eigenvalue weighted by Gasteiger charge is 2.22. The van der Waals surface area contributed by atoms with E-state index in [0.29, 0.717) is 16.0 Å². The quantitative estimate of drug-likeness (QED) is 0.524. The highest BCUT2D eigenvalue weighted by atomic mass is 32.2. The minimum absolute atomic E-state index is 0.000943. The summed E-state index contributed by atoms with van der Waals surface area (Å²) in [6.45, 7) is 0.000943. The normalized spacial score (nSPS) is 11.6. The SMILES string of the molecule is O=C(Cn1cc(S(=O)(=O)Cc2ccccc2)c2ccccc21)Nc1nccs1. The number of carbonyl (C=O) groups is 1. The summed E-state index contributed by atoms with van der Waals surface area (Å²) >= 11 is 1.33. The highest BCUT2D eigenvalue weighted by molar-refractivity contribution is 7.90. The van der Waals surface area contributed by atoms with Gasteiger partial charge in [0.25, 0.3) is 0 Å². The van der Waals surface area contributed by atoms with Gasteiger partial charge in [0, 0.05) is 28.7 Å². The number of para-hydroxylation sites is 1. The number of nitrogens with zero attached hydrogens (tertiary/aromatic N) is 2. The topological polar surface area (TPSA) is 81.1 Å². The van der Waals surface area contributed by atoms with Crippen molar-refractivity contribution in [2.24, 2.45) is 0 Å². The number of benzene rings is 2. The molecule has 0 aliphatic rings. The highest BCUT2D eigenvalue weighted by Crippen LogP contribution is 2.28. The van der Waals surface area contributed by atoms with Crippen LogP contribution in [0.1, 0.15) is 5.56 Å². The maximum Gasteiger partial charge on any atom is 0.246 e. The molecule has 2 aromatic heterocycles. The van der Waals surface area contributed by atoms with Crippen LogP contribution in [-0.2, 0) is 26.9 Å². The van der Waals surface area contributed by atoms with E-state index in [1.165, 1.54) is 11.3 Å². The molecule has 0 aliphatic carbocycles. The van der Waals surface area contributed by atoms with Crippen molar-refractivity contribution in [2.75, 3.05) is 5.32 Å². The second-order valence-corrected chi connectivity index (χ2v) is 9.12. The fourth-order valence-electron chi connectivity index (χ4n) is 3.06. The van der Waals surface area contributed by atoms with Crippen LogP contribution < -0.4 is 5.32 Å². The Hall–Kier alpha value is -2.97. The smallest absolute Gasteiger partial charge is 0.246 e. The lowest BCUT2D eigenvalue weighted by atomic mass is 10.2. The van der Waals surface area contributed by atoms with Crippen molar-refractivity contribution in [1.29, 1.82) is 0 Å². The molecule has 0 fully saturated rings. The minimum atomic E-state index is -3.57. The molecule has 4 aromatic rings. The summed E-state index contributed by atoms with van der Waals surface area (Å²) in [4.78, 5) is 16.6. The van der Waals surface area contributed by atoms with Crippen LogP contribution in [0.15, 0.2) is 77.3 Å². The Morgan fingerprint density at radius 1 is 1.07 bits per heavy atom. The van der Waals surface area contributed by atoms with Crippen LogP contribution in [0, 0.1) is 0 Å². The minimum Gasteiger partial charge on any atom is -0.337 e. The molecule has 0 atom stereocenters. The van der Waals surface area contributed by atoms with Crippen LogP contribution in [0.2, 0.25) is 0 Å². The molecular formula is C20H17N3O3S2. The summed E-state index contributed by atoms with van der Waals surface area (Å²) in [6.07, 6.45) is 3.16. The van der Waals surface area contributed by atoms with Crippen LogP contribution in [-0.4, -0.2) is 23.9 Å². The number of fused-ring (bicyclic) bond motifs is 1. The molecule has 8 heteroatoms. The zero-order valence-electron chi connectivity index (χ0n) is 14.8. The molecule has 2 aromatic carbocycles. The molecule has 0 saturated carbocycles. The lowest BCUT2D eigenvalue weighted by Gasteiger charge is -2.05. The van der Waals surface area contributed by atoms with Crippen LogP contribution >= 0.6 is 11.3 Å². The van der Waals surface area contributed by atoms with E-state index in [2.05, 4.69) is 10.3 Å². The third-order valence-corrected chi connectivity index (χ3v) is 6.68. The summed E-state index contributed by atoms with van der Waals surface area (Å²) in [7, 11) is -3.57. The molecule has 0 saturated heterocycles. The Morgan fingerprint density at radius 2 is 1.82 bits per heavy atom. The van der Waals surface area contributed by atoms with Crippen molar-refractivity contribution in [2.45, 2.75) is 17.2 Å². The maximum atomic E-state index is 13.0. The molecule has 0 unspecified atom stereocenters. The van der Waals surface area contributed by atoms with Crippen molar-refractivity contribution in [3.05, 3.63) is 77.9 Å². The van der Waals surface area contributed by atoms with E-state index in [0.717, 1.165) is 5.56 Å². The summed E-state index contributed by atoms with van der Waals surface area (Å²) in [6, 6.07) is 16.3. The Labute approximate surface area is 166 Å². The molecule has 0 aliphatic heterocycles. The molecule has 1 N–H and O–H groups in total. The fraction of sp³-hybridized carbons (Fsp3) is 0.100. The second-order valence-electron chi connectivity index (χ2n) is 6.27. The van der Waals surface area contributed by atoms with Crippen molar-refractivity contribution in [3.63, 3.8) is 0 Å². The van der Waals surface area contributed by atoms with Crippen molar-refractivity contribution in [1.82, 2.24) is 9.55 Å². The zero-order valence-corrected chi connectivity index (χ0v) is 16.4. The van der Waals surface area contributed by atoms with Crippen LogP contribution in [0.4, 0.5) is 5.13 Å². The van der Waals surface area contributed by atoms with Gasteiger partial charge >= 0.3 is 0 Å². The maximum absolute atomic E-state index is 13.0. The van der Waals surface area contributed by atoms with Gasteiger partial charge in [0.15, 0.2) is 15.0 Å². The van der Waals surface area contributed by atoms with Crippen LogP contribution in [0.25, 0.3) is 10.9 Å². The molecular weight excluding hydrogens is 394 g/mol. The number of hydrogen-bond donors (Lipinski definition) is 1. The molecule has 0 bridgehead atoms. The number of sulfone groups is 1. The van der Waals surface area contributed by atoms with E-state index in [4.69, 9.17) is 0 Å². The predicted octanol–water partition coefficient (Wildman–Crippen LogP) is 3.71. The van der Waals surface area contributed by atoms with E-state index >= 15 is 0 Å². The van der Waals surface area contributed by atoms with E-state index in [1.807, 2.05) is 30.3 Å².